The van der Waals surface area contributed by atoms with Crippen LogP contribution in [0.25, 0.3) is 0 Å². The van der Waals surface area contributed by atoms with E-state index < -0.39 is 10.0 Å². The number of sulfonamides is 1. The molecule has 0 aliphatic rings. The number of nitrogens with one attached hydrogen (secondary N) is 3. The molecule has 0 spiro atoms. The number of guanidine groups is 1. The van der Waals surface area contributed by atoms with E-state index in [2.05, 4.69) is 40.3 Å². The molecule has 150 valence electrons. The fourth-order valence-corrected chi connectivity index (χ4v) is 3.13. The number of aliphatic imine (C=N–C) groups is 1. The van der Waals surface area contributed by atoms with Gasteiger partial charge >= 0.3 is 0 Å². The third kappa shape index (κ3) is 10.5. The van der Waals surface area contributed by atoms with Gasteiger partial charge in [0.05, 0.1) is 5.75 Å². The zero-order chi connectivity index (χ0) is 18.9. The molecule has 0 atom stereocenters. The maximum absolute atomic E-state index is 11.4. The summed E-state index contributed by atoms with van der Waals surface area (Å²) in [6.45, 7) is 7.46. The van der Waals surface area contributed by atoms with Crippen molar-refractivity contribution in [3.63, 3.8) is 0 Å². The second-order valence-electron chi connectivity index (χ2n) is 6.62. The van der Waals surface area contributed by atoms with Crippen LogP contribution >= 0.6 is 35.6 Å². The van der Waals surface area contributed by atoms with E-state index in [0.29, 0.717) is 19.0 Å². The molecule has 0 fully saturated rings. The number of nitrogens with zero attached hydrogens (tertiary/aromatic N) is 1. The average Bonchev–Trinajstić information content (AvgIpc) is 2.53. The van der Waals surface area contributed by atoms with E-state index in [4.69, 9.17) is 11.6 Å². The van der Waals surface area contributed by atoms with E-state index in [9.17, 15) is 8.42 Å². The first-order chi connectivity index (χ1) is 11.7. The lowest BCUT2D eigenvalue weighted by molar-refractivity contribution is 0.359. The first kappa shape index (κ1) is 25.4. The van der Waals surface area contributed by atoms with Gasteiger partial charge in [-0.2, -0.15) is 0 Å². The molecule has 0 saturated carbocycles. The molecule has 0 unspecified atom stereocenters. The highest BCUT2D eigenvalue weighted by molar-refractivity contribution is 14.0. The molecule has 0 bridgehead atoms. The standard InChI is InChI=1S/C17H29ClN4O2S.HI/c1-5-25(23,24)22-10-9-20-16(19-4)21-13-17(2,3)12-14-7-6-8-15(18)11-14;/h6-8,11,22H,5,9-10,12-13H2,1-4H3,(H2,19,20,21);1H. The van der Waals surface area contributed by atoms with E-state index >= 15 is 0 Å². The molecule has 0 heterocycles. The molecule has 26 heavy (non-hydrogen) atoms. The molecule has 6 nitrogen and oxygen atoms in total. The number of rotatable bonds is 9. The van der Waals surface area contributed by atoms with Gasteiger partial charge in [0.15, 0.2) is 5.96 Å². The van der Waals surface area contributed by atoms with Gasteiger partial charge in [0, 0.05) is 31.7 Å². The predicted octanol–water partition coefficient (Wildman–Crippen LogP) is 2.63. The second-order valence-corrected chi connectivity index (χ2v) is 9.15. The Bertz CT molecular complexity index is 681. The molecule has 1 rings (SSSR count). The van der Waals surface area contributed by atoms with Crippen LogP contribution < -0.4 is 15.4 Å². The Morgan fingerprint density at radius 2 is 1.92 bits per heavy atom. The van der Waals surface area contributed by atoms with Crippen molar-refractivity contribution in [2.75, 3.05) is 32.4 Å². The summed E-state index contributed by atoms with van der Waals surface area (Å²) in [5, 5.41) is 7.13. The summed E-state index contributed by atoms with van der Waals surface area (Å²) in [7, 11) is -1.47. The minimum Gasteiger partial charge on any atom is -0.356 e. The lowest BCUT2D eigenvalue weighted by atomic mass is 9.86. The van der Waals surface area contributed by atoms with E-state index in [1.165, 1.54) is 5.56 Å². The van der Waals surface area contributed by atoms with Crippen LogP contribution in [-0.4, -0.2) is 46.8 Å². The van der Waals surface area contributed by atoms with Gasteiger partial charge in [-0.25, -0.2) is 13.1 Å². The zero-order valence-electron chi connectivity index (χ0n) is 15.8. The number of hydrogen-bond donors (Lipinski definition) is 3. The van der Waals surface area contributed by atoms with Crippen LogP contribution in [0.5, 0.6) is 0 Å². The SMILES string of the molecule is CCS(=O)(=O)NCCNC(=NC)NCC(C)(C)Cc1cccc(Cl)c1.I. The number of hydrogen-bond acceptors (Lipinski definition) is 3. The third-order valence-electron chi connectivity index (χ3n) is 3.65. The Morgan fingerprint density at radius 3 is 2.50 bits per heavy atom. The van der Waals surface area contributed by atoms with E-state index in [0.717, 1.165) is 18.0 Å². The summed E-state index contributed by atoms with van der Waals surface area (Å²) in [6, 6.07) is 7.88. The maximum Gasteiger partial charge on any atom is 0.211 e. The molecule has 0 amide bonds. The van der Waals surface area contributed by atoms with Gasteiger partial charge < -0.3 is 10.6 Å². The third-order valence-corrected chi connectivity index (χ3v) is 5.29. The van der Waals surface area contributed by atoms with Crippen molar-refractivity contribution in [1.29, 1.82) is 0 Å². The summed E-state index contributed by atoms with van der Waals surface area (Å²) < 4.78 is 25.3. The van der Waals surface area contributed by atoms with Crippen LogP contribution in [0.3, 0.4) is 0 Å². The lowest BCUT2D eigenvalue weighted by Crippen LogP contribution is -2.45. The monoisotopic (exact) mass is 516 g/mol. The van der Waals surface area contributed by atoms with Crippen LogP contribution in [0.1, 0.15) is 26.3 Å². The highest BCUT2D eigenvalue weighted by atomic mass is 127. The molecule has 9 heteroatoms. The van der Waals surface area contributed by atoms with Gasteiger partial charge in [-0.15, -0.1) is 24.0 Å². The van der Waals surface area contributed by atoms with E-state index in [-0.39, 0.29) is 35.1 Å². The van der Waals surface area contributed by atoms with E-state index in [1.54, 1.807) is 14.0 Å². The predicted molar refractivity (Wildman–Crippen MR) is 121 cm³/mol. The molecule has 0 aliphatic heterocycles. The van der Waals surface area contributed by atoms with Crippen LogP contribution in [0.15, 0.2) is 29.3 Å². The summed E-state index contributed by atoms with van der Waals surface area (Å²) in [4.78, 5) is 4.16. The van der Waals surface area contributed by atoms with Crippen LogP contribution in [0.4, 0.5) is 0 Å². The fraction of sp³-hybridized carbons (Fsp3) is 0.588. The summed E-state index contributed by atoms with van der Waals surface area (Å²) in [5.74, 6) is 0.729. The molecular formula is C17H30ClIN4O2S. The summed E-state index contributed by atoms with van der Waals surface area (Å²) >= 11 is 6.04. The van der Waals surface area contributed by atoms with Crippen molar-refractivity contribution >= 4 is 51.6 Å². The van der Waals surface area contributed by atoms with Gasteiger partial charge in [0.25, 0.3) is 0 Å². The van der Waals surface area contributed by atoms with Crippen molar-refractivity contribution in [2.45, 2.75) is 27.2 Å². The Balaban J connectivity index is 0.00000625. The van der Waals surface area contributed by atoms with Gasteiger partial charge in [-0.3, -0.25) is 4.99 Å². The van der Waals surface area contributed by atoms with E-state index in [1.807, 2.05) is 18.2 Å². The van der Waals surface area contributed by atoms with Crippen LogP contribution in [-0.2, 0) is 16.4 Å². The molecule has 3 N–H and O–H groups in total. The normalized spacial score (nSPS) is 12.4. The molecule has 0 radical (unpaired) electrons. The van der Waals surface area contributed by atoms with Gasteiger partial charge in [0.2, 0.25) is 10.0 Å². The van der Waals surface area contributed by atoms with Crippen molar-refractivity contribution in [2.24, 2.45) is 10.4 Å². The summed E-state index contributed by atoms with van der Waals surface area (Å²) in [5.41, 5.74) is 1.20. The Kier molecular flexibility index (Phi) is 11.7. The van der Waals surface area contributed by atoms with Crippen molar-refractivity contribution in [1.82, 2.24) is 15.4 Å². The van der Waals surface area contributed by atoms with Gasteiger partial charge in [-0.05, 0) is 36.5 Å². The Morgan fingerprint density at radius 1 is 1.23 bits per heavy atom. The first-order valence-electron chi connectivity index (χ1n) is 8.34. The molecule has 0 saturated heterocycles. The molecule has 1 aromatic carbocycles. The van der Waals surface area contributed by atoms with Crippen LogP contribution in [0.2, 0.25) is 5.02 Å². The highest BCUT2D eigenvalue weighted by Crippen LogP contribution is 2.22. The molecule has 0 aliphatic carbocycles. The van der Waals surface area contributed by atoms with Crippen LogP contribution in [0, 0.1) is 5.41 Å². The Hall–Kier alpha value is -0.580. The fourth-order valence-electron chi connectivity index (χ4n) is 2.30. The quantitative estimate of drug-likeness (QED) is 0.204. The smallest absolute Gasteiger partial charge is 0.211 e. The zero-order valence-corrected chi connectivity index (χ0v) is 19.7. The largest absolute Gasteiger partial charge is 0.356 e. The lowest BCUT2D eigenvalue weighted by Gasteiger charge is -2.26. The minimum atomic E-state index is -3.16. The van der Waals surface area contributed by atoms with Crippen molar-refractivity contribution in [3.05, 3.63) is 34.9 Å². The molecule has 1 aromatic rings. The molecule has 0 aromatic heterocycles. The van der Waals surface area contributed by atoms with Crippen molar-refractivity contribution < 1.29 is 8.42 Å². The number of benzene rings is 1. The first-order valence-corrected chi connectivity index (χ1v) is 10.4. The molecular weight excluding hydrogens is 487 g/mol. The van der Waals surface area contributed by atoms with Gasteiger partial charge in [0.1, 0.15) is 0 Å². The topological polar surface area (TPSA) is 82.6 Å². The average molecular weight is 517 g/mol. The minimum absolute atomic E-state index is 0. The van der Waals surface area contributed by atoms with Crippen molar-refractivity contribution in [3.8, 4) is 0 Å². The Labute approximate surface area is 179 Å². The second kappa shape index (κ2) is 12.0. The maximum atomic E-state index is 11.4. The summed E-state index contributed by atoms with van der Waals surface area (Å²) in [6.07, 6.45) is 0.883. The van der Waals surface area contributed by atoms with Gasteiger partial charge in [-0.1, -0.05) is 37.6 Å². The number of halogens is 2. The highest BCUT2D eigenvalue weighted by Gasteiger charge is 2.19.